The van der Waals surface area contributed by atoms with E-state index in [-0.39, 0.29) is 0 Å². The van der Waals surface area contributed by atoms with E-state index in [4.69, 9.17) is 5.73 Å². The molecule has 2 rings (SSSR count). The minimum atomic E-state index is 0.743. The number of rotatable bonds is 5. The van der Waals surface area contributed by atoms with Crippen LogP contribution in [0.1, 0.15) is 18.5 Å². The third-order valence-electron chi connectivity index (χ3n) is 2.45. The van der Waals surface area contributed by atoms with Gasteiger partial charge in [-0.2, -0.15) is 0 Å². The molecule has 0 spiro atoms. The number of aryl methyl sites for hydroxylation is 1. The van der Waals surface area contributed by atoms with Gasteiger partial charge in [-0.25, -0.2) is 4.68 Å². The van der Waals surface area contributed by atoms with E-state index in [2.05, 4.69) is 10.3 Å². The number of para-hydroxylation sites is 1. The zero-order valence-corrected chi connectivity index (χ0v) is 9.21. The van der Waals surface area contributed by atoms with Gasteiger partial charge in [0, 0.05) is 0 Å². The molecule has 16 heavy (non-hydrogen) atoms. The Bertz CT molecular complexity index is 422. The van der Waals surface area contributed by atoms with Crippen molar-refractivity contribution in [3.63, 3.8) is 0 Å². The van der Waals surface area contributed by atoms with Crippen LogP contribution in [0.3, 0.4) is 0 Å². The van der Waals surface area contributed by atoms with Gasteiger partial charge in [-0.1, -0.05) is 23.4 Å². The third kappa shape index (κ3) is 2.67. The Morgan fingerprint density at radius 3 is 2.69 bits per heavy atom. The molecule has 0 aliphatic heterocycles. The maximum absolute atomic E-state index is 5.45. The van der Waals surface area contributed by atoms with Crippen molar-refractivity contribution in [2.45, 2.75) is 19.3 Å². The highest BCUT2D eigenvalue weighted by atomic mass is 15.4. The lowest BCUT2D eigenvalue weighted by atomic mass is 10.2. The third-order valence-corrected chi connectivity index (χ3v) is 2.45. The largest absolute Gasteiger partial charge is 0.330 e. The molecule has 84 valence electrons. The fourth-order valence-corrected chi connectivity index (χ4v) is 1.57. The van der Waals surface area contributed by atoms with Crippen LogP contribution in [0, 0.1) is 0 Å². The summed E-state index contributed by atoms with van der Waals surface area (Å²) >= 11 is 0. The van der Waals surface area contributed by atoms with Gasteiger partial charge in [0.1, 0.15) is 0 Å². The molecule has 0 fully saturated rings. The monoisotopic (exact) mass is 216 g/mol. The van der Waals surface area contributed by atoms with Crippen LogP contribution in [-0.4, -0.2) is 21.5 Å². The van der Waals surface area contributed by atoms with E-state index >= 15 is 0 Å². The van der Waals surface area contributed by atoms with Crippen molar-refractivity contribution < 1.29 is 0 Å². The van der Waals surface area contributed by atoms with Gasteiger partial charge in [0.25, 0.3) is 0 Å². The first-order valence-electron chi connectivity index (χ1n) is 5.57. The average Bonchev–Trinajstić information content (AvgIpc) is 2.79. The molecule has 4 heteroatoms. The second-order valence-corrected chi connectivity index (χ2v) is 3.74. The first-order chi connectivity index (χ1) is 7.90. The minimum Gasteiger partial charge on any atom is -0.330 e. The Balaban J connectivity index is 2.02. The molecule has 0 radical (unpaired) electrons. The molecule has 2 N–H and O–H groups in total. The van der Waals surface area contributed by atoms with Gasteiger partial charge < -0.3 is 5.73 Å². The number of nitrogens with zero attached hydrogens (tertiary/aromatic N) is 3. The summed E-state index contributed by atoms with van der Waals surface area (Å²) in [7, 11) is 0. The van der Waals surface area contributed by atoms with Gasteiger partial charge in [-0.05, 0) is 37.9 Å². The predicted molar refractivity (Wildman–Crippen MR) is 63.4 cm³/mol. The first kappa shape index (κ1) is 10.8. The quantitative estimate of drug-likeness (QED) is 0.771. The number of nitrogens with two attached hydrogens (primary N) is 1. The summed E-state index contributed by atoms with van der Waals surface area (Å²) in [4.78, 5) is 0. The first-order valence-corrected chi connectivity index (χ1v) is 5.57. The maximum Gasteiger partial charge on any atom is 0.0831 e. The van der Waals surface area contributed by atoms with Gasteiger partial charge in [0.2, 0.25) is 0 Å². The highest BCUT2D eigenvalue weighted by molar-refractivity contribution is 5.29. The highest BCUT2D eigenvalue weighted by Crippen LogP contribution is 2.07. The van der Waals surface area contributed by atoms with Crippen LogP contribution in [0.25, 0.3) is 5.69 Å². The molecule has 0 bridgehead atoms. The van der Waals surface area contributed by atoms with Crippen LogP contribution in [-0.2, 0) is 6.42 Å². The smallest absolute Gasteiger partial charge is 0.0831 e. The lowest BCUT2D eigenvalue weighted by molar-refractivity contribution is 0.727. The molecule has 1 aromatic heterocycles. The van der Waals surface area contributed by atoms with Crippen molar-refractivity contribution >= 4 is 0 Å². The number of hydrogen-bond donors (Lipinski definition) is 1. The van der Waals surface area contributed by atoms with E-state index in [1.807, 2.05) is 36.5 Å². The van der Waals surface area contributed by atoms with Crippen LogP contribution in [0.15, 0.2) is 36.5 Å². The van der Waals surface area contributed by atoms with Crippen LogP contribution >= 0.6 is 0 Å². The molecule has 0 amide bonds. The van der Waals surface area contributed by atoms with Crippen molar-refractivity contribution in [3.05, 3.63) is 42.2 Å². The predicted octanol–water partition coefficient (Wildman–Crippen LogP) is 1.55. The van der Waals surface area contributed by atoms with Gasteiger partial charge >= 0.3 is 0 Å². The van der Waals surface area contributed by atoms with E-state index in [1.54, 1.807) is 4.68 Å². The van der Waals surface area contributed by atoms with Crippen molar-refractivity contribution in [1.82, 2.24) is 15.0 Å². The lowest BCUT2D eigenvalue weighted by Crippen LogP contribution is -1.99. The zero-order valence-electron chi connectivity index (χ0n) is 9.21. The summed E-state index contributed by atoms with van der Waals surface area (Å²) in [5.74, 6) is 0. The maximum atomic E-state index is 5.45. The van der Waals surface area contributed by atoms with Gasteiger partial charge in [-0.15, -0.1) is 5.10 Å². The van der Waals surface area contributed by atoms with Crippen LogP contribution in [0.5, 0.6) is 0 Å². The molecule has 0 aliphatic carbocycles. The summed E-state index contributed by atoms with van der Waals surface area (Å²) < 4.78 is 1.80. The Kier molecular flexibility index (Phi) is 3.66. The van der Waals surface area contributed by atoms with Gasteiger partial charge in [0.05, 0.1) is 17.6 Å². The Hall–Kier alpha value is -1.68. The fraction of sp³-hybridized carbons (Fsp3) is 0.333. The summed E-state index contributed by atoms with van der Waals surface area (Å²) in [5.41, 5.74) is 7.51. The van der Waals surface area contributed by atoms with E-state index in [9.17, 15) is 0 Å². The molecule has 0 unspecified atom stereocenters. The Morgan fingerprint density at radius 2 is 1.94 bits per heavy atom. The highest BCUT2D eigenvalue weighted by Gasteiger charge is 2.01. The molecule has 4 nitrogen and oxygen atoms in total. The van der Waals surface area contributed by atoms with Gasteiger partial charge in [-0.3, -0.25) is 0 Å². The van der Waals surface area contributed by atoms with E-state index in [0.717, 1.165) is 37.2 Å². The normalized spacial score (nSPS) is 10.6. The molecular formula is C12H16N4. The summed E-state index contributed by atoms with van der Waals surface area (Å²) in [5, 5.41) is 8.24. The lowest BCUT2D eigenvalue weighted by Gasteiger charge is -1.97. The summed E-state index contributed by atoms with van der Waals surface area (Å²) in [6.07, 6.45) is 5.04. The fourth-order valence-electron chi connectivity index (χ4n) is 1.57. The van der Waals surface area contributed by atoms with Crippen LogP contribution < -0.4 is 5.73 Å². The molecule has 0 atom stereocenters. The molecule has 0 saturated heterocycles. The molecular weight excluding hydrogens is 200 g/mol. The molecule has 0 aliphatic rings. The molecule has 0 saturated carbocycles. The van der Waals surface area contributed by atoms with Crippen molar-refractivity contribution in [2.24, 2.45) is 5.73 Å². The zero-order chi connectivity index (χ0) is 11.2. The Morgan fingerprint density at radius 1 is 1.12 bits per heavy atom. The van der Waals surface area contributed by atoms with Crippen molar-refractivity contribution in [1.29, 1.82) is 0 Å². The standard InChI is InChI=1S/C12H16N4/c13-9-5-4-6-11-10-16(15-14-11)12-7-2-1-3-8-12/h1-3,7-8,10H,4-6,9,13H2. The SMILES string of the molecule is NCCCCc1cn(-c2ccccc2)nn1. The van der Waals surface area contributed by atoms with Crippen molar-refractivity contribution in [2.75, 3.05) is 6.54 Å². The summed E-state index contributed by atoms with van der Waals surface area (Å²) in [6.45, 7) is 0.743. The number of hydrogen-bond acceptors (Lipinski definition) is 3. The number of unbranched alkanes of at least 4 members (excludes halogenated alkanes) is 1. The number of benzene rings is 1. The molecule has 2 aromatic rings. The van der Waals surface area contributed by atoms with E-state index < -0.39 is 0 Å². The van der Waals surface area contributed by atoms with E-state index in [0.29, 0.717) is 0 Å². The van der Waals surface area contributed by atoms with Crippen LogP contribution in [0.4, 0.5) is 0 Å². The number of aromatic nitrogens is 3. The van der Waals surface area contributed by atoms with Crippen LogP contribution in [0.2, 0.25) is 0 Å². The second kappa shape index (κ2) is 5.42. The topological polar surface area (TPSA) is 56.7 Å². The van der Waals surface area contributed by atoms with Gasteiger partial charge in [0.15, 0.2) is 0 Å². The molecule has 1 aromatic carbocycles. The average molecular weight is 216 g/mol. The second-order valence-electron chi connectivity index (χ2n) is 3.74. The van der Waals surface area contributed by atoms with E-state index in [1.165, 1.54) is 0 Å². The molecule has 1 heterocycles. The van der Waals surface area contributed by atoms with Crippen molar-refractivity contribution in [3.8, 4) is 5.69 Å². The minimum absolute atomic E-state index is 0.743. The Labute approximate surface area is 95.1 Å². The summed E-state index contributed by atoms with van der Waals surface area (Å²) in [6, 6.07) is 10.00.